The van der Waals surface area contributed by atoms with Gasteiger partial charge in [-0.2, -0.15) is 0 Å². The number of hydrogen-bond acceptors (Lipinski definition) is 5. The number of aryl methyl sites for hydroxylation is 1. The lowest BCUT2D eigenvalue weighted by Gasteiger charge is -2.04. The second-order valence-electron chi connectivity index (χ2n) is 5.30. The van der Waals surface area contributed by atoms with Crippen LogP contribution < -0.4 is 10.1 Å². The number of rotatable bonds is 6. The van der Waals surface area contributed by atoms with E-state index in [1.807, 2.05) is 48.7 Å². The minimum atomic E-state index is -0.0797. The smallest absolute Gasteiger partial charge is 0.230 e. The van der Waals surface area contributed by atoms with Crippen molar-refractivity contribution in [2.24, 2.45) is 0 Å². The molecule has 3 aromatic rings. The first-order valence-corrected chi connectivity index (χ1v) is 8.39. The second-order valence-corrected chi connectivity index (χ2v) is 6.24. The van der Waals surface area contributed by atoms with Crippen LogP contribution in [0.25, 0.3) is 0 Å². The van der Waals surface area contributed by atoms with E-state index in [1.54, 1.807) is 12.4 Å². The molecule has 0 aliphatic carbocycles. The summed E-state index contributed by atoms with van der Waals surface area (Å²) in [6.45, 7) is 2.38. The maximum atomic E-state index is 12.1. The molecule has 0 aliphatic rings. The van der Waals surface area contributed by atoms with Crippen molar-refractivity contribution < 1.29 is 9.53 Å². The molecule has 24 heavy (non-hydrogen) atoms. The van der Waals surface area contributed by atoms with Crippen LogP contribution >= 0.6 is 11.3 Å². The summed E-state index contributed by atoms with van der Waals surface area (Å²) < 4.78 is 5.60. The Morgan fingerprint density at radius 3 is 2.83 bits per heavy atom. The van der Waals surface area contributed by atoms with Crippen LogP contribution in [0.1, 0.15) is 16.3 Å². The van der Waals surface area contributed by atoms with E-state index in [0.29, 0.717) is 12.4 Å². The third kappa shape index (κ3) is 4.63. The van der Waals surface area contributed by atoms with Gasteiger partial charge < -0.3 is 10.1 Å². The van der Waals surface area contributed by atoms with Crippen LogP contribution in [-0.4, -0.2) is 15.9 Å². The minimum Gasteiger partial charge on any atom is -0.485 e. The fourth-order valence-electron chi connectivity index (χ4n) is 2.08. The number of hydrogen-bond donors (Lipinski definition) is 1. The summed E-state index contributed by atoms with van der Waals surface area (Å²) >= 11 is 1.48. The largest absolute Gasteiger partial charge is 0.485 e. The zero-order chi connectivity index (χ0) is 16.8. The van der Waals surface area contributed by atoms with Crippen molar-refractivity contribution in [2.45, 2.75) is 20.0 Å². The number of pyridine rings is 1. The molecule has 0 saturated carbocycles. The van der Waals surface area contributed by atoms with Crippen LogP contribution in [0.4, 0.5) is 5.69 Å². The Morgan fingerprint density at radius 2 is 2.08 bits per heavy atom. The Balaban J connectivity index is 1.51. The Kier molecular flexibility index (Phi) is 5.18. The molecule has 1 N–H and O–H groups in total. The zero-order valence-corrected chi connectivity index (χ0v) is 14.0. The molecule has 0 bridgehead atoms. The summed E-state index contributed by atoms with van der Waals surface area (Å²) in [7, 11) is 0. The van der Waals surface area contributed by atoms with E-state index < -0.39 is 0 Å². The van der Waals surface area contributed by atoms with E-state index in [1.165, 1.54) is 11.3 Å². The first kappa shape index (κ1) is 16.1. The number of benzene rings is 1. The molecular formula is C18H17N3O2S. The topological polar surface area (TPSA) is 64.1 Å². The Labute approximate surface area is 144 Å². The van der Waals surface area contributed by atoms with Crippen LogP contribution in [-0.2, 0) is 17.8 Å². The number of nitrogens with zero attached hydrogens (tertiary/aromatic N) is 2. The molecule has 0 radical (unpaired) electrons. The average molecular weight is 339 g/mol. The van der Waals surface area contributed by atoms with Crippen molar-refractivity contribution in [1.82, 2.24) is 9.97 Å². The maximum Gasteiger partial charge on any atom is 0.230 e. The number of aromatic nitrogens is 2. The van der Waals surface area contributed by atoms with Crippen molar-refractivity contribution in [2.75, 3.05) is 5.32 Å². The number of anilines is 1. The van der Waals surface area contributed by atoms with Gasteiger partial charge in [0.2, 0.25) is 5.91 Å². The summed E-state index contributed by atoms with van der Waals surface area (Å²) in [5, 5.41) is 5.59. The Morgan fingerprint density at radius 1 is 1.25 bits per heavy atom. The van der Waals surface area contributed by atoms with Gasteiger partial charge in [0.05, 0.1) is 18.3 Å². The monoisotopic (exact) mass is 339 g/mol. The van der Waals surface area contributed by atoms with Gasteiger partial charge in [-0.05, 0) is 31.2 Å². The van der Waals surface area contributed by atoms with Gasteiger partial charge in [-0.25, -0.2) is 4.98 Å². The van der Waals surface area contributed by atoms with Crippen LogP contribution in [0.5, 0.6) is 5.75 Å². The van der Waals surface area contributed by atoms with Gasteiger partial charge in [0, 0.05) is 17.3 Å². The number of nitrogens with one attached hydrogen (secondary N) is 1. The molecule has 5 nitrogen and oxygen atoms in total. The molecule has 1 amide bonds. The van der Waals surface area contributed by atoms with Gasteiger partial charge in [-0.1, -0.05) is 17.7 Å². The predicted molar refractivity (Wildman–Crippen MR) is 94.2 cm³/mol. The van der Waals surface area contributed by atoms with Crippen molar-refractivity contribution in [3.05, 3.63) is 70.4 Å². The van der Waals surface area contributed by atoms with Crippen LogP contribution in [0, 0.1) is 6.92 Å². The van der Waals surface area contributed by atoms with E-state index in [4.69, 9.17) is 4.74 Å². The number of thiazole rings is 1. The van der Waals surface area contributed by atoms with Crippen LogP contribution in [0.15, 0.2) is 54.2 Å². The summed E-state index contributed by atoms with van der Waals surface area (Å²) in [5.74, 6) is 0.621. The summed E-state index contributed by atoms with van der Waals surface area (Å²) in [6, 6.07) is 11.4. The van der Waals surface area contributed by atoms with E-state index in [0.717, 1.165) is 22.0 Å². The SMILES string of the molecule is Cc1ccc(NC(=O)Cc2csc(COc3cccnc3)n2)cc1. The second kappa shape index (κ2) is 7.70. The number of carbonyl (C=O) groups is 1. The average Bonchev–Trinajstić information content (AvgIpc) is 3.03. The molecule has 0 fully saturated rings. The van der Waals surface area contributed by atoms with Gasteiger partial charge >= 0.3 is 0 Å². The highest BCUT2D eigenvalue weighted by atomic mass is 32.1. The van der Waals surface area contributed by atoms with Crippen LogP contribution in [0.2, 0.25) is 0 Å². The molecule has 0 spiro atoms. The molecule has 3 rings (SSSR count). The van der Waals surface area contributed by atoms with Crippen molar-refractivity contribution in [1.29, 1.82) is 0 Å². The fourth-order valence-corrected chi connectivity index (χ4v) is 2.79. The van der Waals surface area contributed by atoms with Gasteiger partial charge in [0.15, 0.2) is 0 Å². The van der Waals surface area contributed by atoms with Gasteiger partial charge in [0.25, 0.3) is 0 Å². The van der Waals surface area contributed by atoms with Crippen molar-refractivity contribution in [3.8, 4) is 5.75 Å². The summed E-state index contributed by atoms with van der Waals surface area (Å²) in [6.07, 6.45) is 3.60. The molecule has 0 saturated heterocycles. The third-order valence-electron chi connectivity index (χ3n) is 3.27. The molecule has 122 valence electrons. The molecule has 0 unspecified atom stereocenters. The molecule has 2 heterocycles. The lowest BCUT2D eigenvalue weighted by molar-refractivity contribution is -0.115. The highest BCUT2D eigenvalue weighted by Gasteiger charge is 2.09. The summed E-state index contributed by atoms with van der Waals surface area (Å²) in [4.78, 5) is 20.5. The molecule has 2 aromatic heterocycles. The van der Waals surface area contributed by atoms with Crippen molar-refractivity contribution in [3.63, 3.8) is 0 Å². The lowest BCUT2D eigenvalue weighted by atomic mass is 10.2. The van der Waals surface area contributed by atoms with E-state index >= 15 is 0 Å². The standard InChI is InChI=1S/C18H17N3O2S/c1-13-4-6-14(7-5-13)20-17(22)9-15-12-24-18(21-15)11-23-16-3-2-8-19-10-16/h2-8,10,12H,9,11H2,1H3,(H,20,22). The molecule has 0 aliphatic heterocycles. The Bertz CT molecular complexity index is 801. The highest BCUT2D eigenvalue weighted by Crippen LogP contribution is 2.15. The number of carbonyl (C=O) groups excluding carboxylic acids is 1. The van der Waals surface area contributed by atoms with Crippen molar-refractivity contribution >= 4 is 22.9 Å². The first-order valence-electron chi connectivity index (χ1n) is 7.52. The van der Waals surface area contributed by atoms with Gasteiger partial charge in [-0.3, -0.25) is 9.78 Å². The van der Waals surface area contributed by atoms with E-state index in [-0.39, 0.29) is 12.3 Å². The van der Waals surface area contributed by atoms with E-state index in [9.17, 15) is 4.79 Å². The quantitative estimate of drug-likeness (QED) is 0.745. The predicted octanol–water partition coefficient (Wildman–Crippen LogP) is 3.61. The normalized spacial score (nSPS) is 10.4. The van der Waals surface area contributed by atoms with Gasteiger partial charge in [0.1, 0.15) is 17.4 Å². The van der Waals surface area contributed by atoms with Gasteiger partial charge in [-0.15, -0.1) is 11.3 Å². The molecule has 1 aromatic carbocycles. The fraction of sp³-hybridized carbons (Fsp3) is 0.167. The zero-order valence-electron chi connectivity index (χ0n) is 13.2. The maximum absolute atomic E-state index is 12.1. The molecular weight excluding hydrogens is 322 g/mol. The minimum absolute atomic E-state index is 0.0797. The first-order chi connectivity index (χ1) is 11.7. The van der Waals surface area contributed by atoms with E-state index in [2.05, 4.69) is 15.3 Å². The highest BCUT2D eigenvalue weighted by molar-refractivity contribution is 7.09. The van der Waals surface area contributed by atoms with Crippen LogP contribution in [0.3, 0.4) is 0 Å². The summed E-state index contributed by atoms with van der Waals surface area (Å²) in [5.41, 5.74) is 2.70. The molecule has 0 atom stereocenters. The lowest BCUT2D eigenvalue weighted by Crippen LogP contribution is -2.14. The Hall–Kier alpha value is -2.73. The number of amides is 1. The molecule has 6 heteroatoms. The third-order valence-corrected chi connectivity index (χ3v) is 4.14. The number of ether oxygens (including phenoxy) is 1.